The van der Waals surface area contributed by atoms with Crippen LogP contribution in [0.1, 0.15) is 0 Å². The van der Waals surface area contributed by atoms with E-state index in [1.165, 1.54) is 33.4 Å². The maximum atomic E-state index is 6.62. The molecule has 0 atom stereocenters. The minimum Gasteiger partial charge on any atom is -0.454 e. The van der Waals surface area contributed by atoms with E-state index in [0.717, 1.165) is 50.1 Å². The molecule has 0 aliphatic heterocycles. The summed E-state index contributed by atoms with van der Waals surface area (Å²) in [7, 11) is 0. The fourth-order valence-electron chi connectivity index (χ4n) is 7.19. The van der Waals surface area contributed by atoms with Crippen LogP contribution in [0, 0.1) is 0 Å². The molecule has 0 saturated carbocycles. The number of para-hydroxylation sites is 4. The molecule has 0 bridgehead atoms. The second kappa shape index (κ2) is 12.8. The molecular weight excluding hydrogens is 607 g/mol. The zero-order valence-corrected chi connectivity index (χ0v) is 27.4. The average molecular weight is 640 g/mol. The second-order valence-electron chi connectivity index (χ2n) is 12.5. The lowest BCUT2D eigenvalue weighted by Crippen LogP contribution is -2.11. The summed E-state index contributed by atoms with van der Waals surface area (Å²) in [5, 5.41) is 2.21. The van der Waals surface area contributed by atoms with Crippen molar-refractivity contribution in [1.29, 1.82) is 0 Å². The quantitative estimate of drug-likeness (QED) is 0.173. The molecule has 8 aromatic carbocycles. The van der Waals surface area contributed by atoms with E-state index in [0.29, 0.717) is 0 Å². The van der Waals surface area contributed by atoms with Crippen molar-refractivity contribution in [3.8, 4) is 44.5 Å². The first-order valence-electron chi connectivity index (χ1n) is 17.0. The Morgan fingerprint density at radius 1 is 0.320 bits per heavy atom. The van der Waals surface area contributed by atoms with Gasteiger partial charge >= 0.3 is 0 Å². The minimum absolute atomic E-state index is 0.864. The molecule has 9 aromatic rings. The monoisotopic (exact) mass is 639 g/mol. The largest absolute Gasteiger partial charge is 0.454 e. The third-order valence-electron chi connectivity index (χ3n) is 9.50. The van der Waals surface area contributed by atoms with E-state index in [4.69, 9.17) is 4.42 Å². The summed E-state index contributed by atoms with van der Waals surface area (Å²) in [5.74, 6) is 0. The van der Waals surface area contributed by atoms with Crippen LogP contribution >= 0.6 is 0 Å². The molecule has 0 radical (unpaired) electrons. The van der Waals surface area contributed by atoms with Crippen molar-refractivity contribution < 1.29 is 4.42 Å². The van der Waals surface area contributed by atoms with E-state index >= 15 is 0 Å². The Morgan fingerprint density at radius 3 is 1.62 bits per heavy atom. The number of rotatable bonds is 7. The highest BCUT2D eigenvalue weighted by Gasteiger charge is 2.23. The zero-order chi connectivity index (χ0) is 33.3. The summed E-state index contributed by atoms with van der Waals surface area (Å²) in [4.78, 5) is 2.34. The van der Waals surface area contributed by atoms with Crippen molar-refractivity contribution >= 4 is 39.0 Å². The normalized spacial score (nSPS) is 11.2. The predicted octanol–water partition coefficient (Wildman–Crippen LogP) is 13.7. The minimum atomic E-state index is 0.864. The average Bonchev–Trinajstić information content (AvgIpc) is 3.59. The molecule has 236 valence electrons. The van der Waals surface area contributed by atoms with Gasteiger partial charge < -0.3 is 9.32 Å². The summed E-state index contributed by atoms with van der Waals surface area (Å²) < 4.78 is 6.62. The van der Waals surface area contributed by atoms with Crippen LogP contribution in [-0.2, 0) is 0 Å². The van der Waals surface area contributed by atoms with Gasteiger partial charge in [-0.1, -0.05) is 164 Å². The van der Waals surface area contributed by atoms with Gasteiger partial charge in [0.1, 0.15) is 5.58 Å². The second-order valence-corrected chi connectivity index (χ2v) is 12.5. The first kappa shape index (κ1) is 29.5. The van der Waals surface area contributed by atoms with Gasteiger partial charge in [0.15, 0.2) is 5.58 Å². The van der Waals surface area contributed by atoms with Crippen molar-refractivity contribution in [2.75, 3.05) is 4.90 Å². The molecule has 0 spiro atoms. The molecule has 1 heterocycles. The van der Waals surface area contributed by atoms with E-state index in [9.17, 15) is 0 Å². The van der Waals surface area contributed by atoms with Gasteiger partial charge in [0.05, 0.1) is 11.4 Å². The summed E-state index contributed by atoms with van der Waals surface area (Å²) in [5.41, 5.74) is 14.3. The Bertz CT molecular complexity index is 2590. The van der Waals surface area contributed by atoms with Crippen molar-refractivity contribution in [3.63, 3.8) is 0 Å². The summed E-state index contributed by atoms with van der Waals surface area (Å²) >= 11 is 0. The Morgan fingerprint density at radius 2 is 0.860 bits per heavy atom. The van der Waals surface area contributed by atoms with Crippen LogP contribution in [0.2, 0.25) is 0 Å². The molecular formula is C48H33NO. The van der Waals surface area contributed by atoms with E-state index < -0.39 is 0 Å². The summed E-state index contributed by atoms with van der Waals surface area (Å²) in [6.45, 7) is 0. The van der Waals surface area contributed by atoms with Crippen LogP contribution in [0.15, 0.2) is 205 Å². The van der Waals surface area contributed by atoms with E-state index in [1.807, 2.05) is 12.1 Å². The van der Waals surface area contributed by atoms with Crippen LogP contribution in [0.25, 0.3) is 66.4 Å². The molecule has 50 heavy (non-hydrogen) atoms. The Hall–Kier alpha value is -6.64. The lowest BCUT2D eigenvalue weighted by atomic mass is 9.87. The van der Waals surface area contributed by atoms with Crippen LogP contribution < -0.4 is 4.90 Å². The number of hydrogen-bond acceptors (Lipinski definition) is 2. The molecule has 0 aliphatic rings. The number of benzene rings is 8. The highest BCUT2D eigenvalue weighted by Crippen LogP contribution is 2.47. The van der Waals surface area contributed by atoms with Gasteiger partial charge in [-0.15, -0.1) is 0 Å². The predicted molar refractivity (Wildman–Crippen MR) is 210 cm³/mol. The van der Waals surface area contributed by atoms with Gasteiger partial charge in [-0.2, -0.15) is 0 Å². The first-order chi connectivity index (χ1) is 24.8. The molecule has 9 rings (SSSR count). The molecule has 0 aliphatic carbocycles. The first-order valence-corrected chi connectivity index (χ1v) is 17.0. The SMILES string of the molecule is c1ccc(-c2ccc(-c3ccccc3-c3ccccc3N(c3ccccc3)c3cccc4c3oc3ccccc34)c(-c3ccccc3)c2)cc1. The highest BCUT2D eigenvalue weighted by atomic mass is 16.3. The molecule has 2 nitrogen and oxygen atoms in total. The van der Waals surface area contributed by atoms with Crippen molar-refractivity contribution in [1.82, 2.24) is 0 Å². The fraction of sp³-hybridized carbons (Fsp3) is 0. The number of nitrogens with zero attached hydrogens (tertiary/aromatic N) is 1. The third kappa shape index (κ3) is 5.24. The fourth-order valence-corrected chi connectivity index (χ4v) is 7.19. The van der Waals surface area contributed by atoms with Gasteiger partial charge in [0.2, 0.25) is 0 Å². The number of furan rings is 1. The molecule has 0 unspecified atom stereocenters. The molecule has 0 fully saturated rings. The smallest absolute Gasteiger partial charge is 0.159 e. The molecule has 0 amide bonds. The van der Waals surface area contributed by atoms with Gasteiger partial charge in [-0.05, 0) is 75.3 Å². The Balaban J connectivity index is 1.27. The highest BCUT2D eigenvalue weighted by molar-refractivity contribution is 6.11. The van der Waals surface area contributed by atoms with Gasteiger partial charge in [0, 0.05) is 22.0 Å². The van der Waals surface area contributed by atoms with Crippen molar-refractivity contribution in [3.05, 3.63) is 200 Å². The van der Waals surface area contributed by atoms with Crippen LogP contribution in [0.4, 0.5) is 17.1 Å². The van der Waals surface area contributed by atoms with Crippen LogP contribution in [-0.4, -0.2) is 0 Å². The lowest BCUT2D eigenvalue weighted by molar-refractivity contribution is 0.669. The molecule has 0 saturated heterocycles. The van der Waals surface area contributed by atoms with Crippen molar-refractivity contribution in [2.24, 2.45) is 0 Å². The van der Waals surface area contributed by atoms with Crippen LogP contribution in [0.3, 0.4) is 0 Å². The number of fused-ring (bicyclic) bond motifs is 3. The van der Waals surface area contributed by atoms with E-state index in [2.05, 4.69) is 193 Å². The van der Waals surface area contributed by atoms with E-state index in [-0.39, 0.29) is 0 Å². The third-order valence-corrected chi connectivity index (χ3v) is 9.50. The number of anilines is 3. The van der Waals surface area contributed by atoms with Gasteiger partial charge in [-0.3, -0.25) is 0 Å². The Labute approximate surface area is 292 Å². The van der Waals surface area contributed by atoms with Gasteiger partial charge in [-0.25, -0.2) is 0 Å². The summed E-state index contributed by atoms with van der Waals surface area (Å²) in [6.07, 6.45) is 0. The Kier molecular flexibility index (Phi) is 7.53. The molecule has 1 aromatic heterocycles. The lowest BCUT2D eigenvalue weighted by Gasteiger charge is -2.28. The van der Waals surface area contributed by atoms with Crippen LogP contribution in [0.5, 0.6) is 0 Å². The van der Waals surface area contributed by atoms with Crippen molar-refractivity contribution in [2.45, 2.75) is 0 Å². The van der Waals surface area contributed by atoms with E-state index in [1.54, 1.807) is 0 Å². The zero-order valence-electron chi connectivity index (χ0n) is 27.4. The maximum Gasteiger partial charge on any atom is 0.159 e. The topological polar surface area (TPSA) is 16.4 Å². The number of hydrogen-bond donors (Lipinski definition) is 0. The summed E-state index contributed by atoms with van der Waals surface area (Å²) in [6, 6.07) is 71.0. The molecule has 0 N–H and O–H groups in total. The van der Waals surface area contributed by atoms with Gasteiger partial charge in [0.25, 0.3) is 0 Å². The standard InChI is InChI=1S/C48H33NO/c1-4-17-34(18-5-1)36-31-32-40(44(33-36)35-19-6-2-7-20-35)38-23-10-11-24-39(38)41-25-12-14-28-45(41)49(37-21-8-3-9-22-37)46-29-16-27-43-42-26-13-15-30-47(42)50-48(43)46/h1-33H. The maximum absolute atomic E-state index is 6.62. The molecule has 2 heteroatoms.